The Morgan fingerprint density at radius 1 is 1.04 bits per heavy atom. The van der Waals surface area contributed by atoms with Crippen molar-refractivity contribution in [1.82, 2.24) is 0 Å². The molecule has 0 radical (unpaired) electrons. The topological polar surface area (TPSA) is 51.2 Å². The molecule has 0 heterocycles. The van der Waals surface area contributed by atoms with Gasteiger partial charge in [-0.05, 0) is 56.4 Å². The van der Waals surface area contributed by atoms with Gasteiger partial charge in [0.15, 0.2) is 9.84 Å². The highest BCUT2D eigenvalue weighted by atomic mass is 32.2. The summed E-state index contributed by atoms with van der Waals surface area (Å²) in [5.74, 6) is 0. The monoisotopic (exact) mass is 348 g/mol. The van der Waals surface area contributed by atoms with Crippen molar-refractivity contribution in [2.75, 3.05) is 6.26 Å². The Kier molecular flexibility index (Phi) is 5.32. The van der Waals surface area contributed by atoms with Gasteiger partial charge in [-0.15, -0.1) is 11.8 Å². The van der Waals surface area contributed by atoms with E-state index in [1.165, 1.54) is 6.92 Å². The van der Waals surface area contributed by atoms with E-state index in [4.69, 9.17) is 0 Å². The van der Waals surface area contributed by atoms with Gasteiger partial charge < -0.3 is 4.79 Å². The van der Waals surface area contributed by atoms with Gasteiger partial charge in [-0.2, -0.15) is 0 Å². The van der Waals surface area contributed by atoms with Crippen LogP contribution in [0.15, 0.2) is 58.3 Å². The summed E-state index contributed by atoms with van der Waals surface area (Å²) in [6.45, 7) is 3.38. The molecule has 0 aliphatic heterocycles. The molecule has 0 aliphatic carbocycles. The first-order valence-corrected chi connectivity index (χ1v) is 9.94. The molecule has 2 aromatic rings. The lowest BCUT2D eigenvalue weighted by atomic mass is 10.0. The molecule has 2 rings (SSSR count). The van der Waals surface area contributed by atoms with Crippen LogP contribution in [0.5, 0.6) is 0 Å². The number of aldehydes is 1. The molecule has 0 aliphatic rings. The Morgan fingerprint density at radius 2 is 1.61 bits per heavy atom. The van der Waals surface area contributed by atoms with E-state index in [1.807, 2.05) is 37.4 Å². The minimum Gasteiger partial charge on any atom is -0.302 e. The Balaban J connectivity index is 2.38. The van der Waals surface area contributed by atoms with Gasteiger partial charge in [0.25, 0.3) is 0 Å². The highest BCUT2D eigenvalue weighted by Gasteiger charge is 2.40. The van der Waals surface area contributed by atoms with E-state index in [1.54, 1.807) is 36.0 Å². The molecule has 0 fully saturated rings. The molecule has 1 unspecified atom stereocenters. The van der Waals surface area contributed by atoms with Crippen LogP contribution < -0.4 is 0 Å². The van der Waals surface area contributed by atoms with Crippen molar-refractivity contribution in [2.45, 2.75) is 34.8 Å². The maximum atomic E-state index is 12.9. The quantitative estimate of drug-likeness (QED) is 0.590. The van der Waals surface area contributed by atoms with Crippen LogP contribution >= 0.6 is 11.8 Å². The van der Waals surface area contributed by atoms with Gasteiger partial charge in [-0.25, -0.2) is 8.42 Å². The van der Waals surface area contributed by atoms with E-state index in [-0.39, 0.29) is 11.3 Å². The summed E-state index contributed by atoms with van der Waals surface area (Å²) in [6.07, 6.45) is 2.68. The fourth-order valence-corrected chi connectivity index (χ4v) is 4.26. The van der Waals surface area contributed by atoms with Gasteiger partial charge in [-0.1, -0.05) is 29.8 Å². The number of aryl methyl sites for hydroxylation is 1. The van der Waals surface area contributed by atoms with Crippen LogP contribution in [-0.2, 0) is 21.1 Å². The molecule has 0 aromatic heterocycles. The van der Waals surface area contributed by atoms with Crippen LogP contribution in [0.3, 0.4) is 0 Å². The molecule has 0 N–H and O–H groups in total. The van der Waals surface area contributed by atoms with Crippen molar-refractivity contribution in [1.29, 1.82) is 0 Å². The smallest absolute Gasteiger partial charge is 0.190 e. The minimum absolute atomic E-state index is 0.154. The predicted octanol–water partition coefficient (Wildman–Crippen LogP) is 3.69. The first-order chi connectivity index (χ1) is 10.8. The molecule has 0 amide bonds. The lowest BCUT2D eigenvalue weighted by Gasteiger charge is -2.23. The van der Waals surface area contributed by atoms with E-state index in [0.717, 1.165) is 16.0 Å². The second-order valence-electron chi connectivity index (χ2n) is 5.77. The molecule has 0 saturated carbocycles. The molecule has 0 bridgehead atoms. The highest BCUT2D eigenvalue weighted by molar-refractivity contribution is 7.98. The Morgan fingerprint density at radius 3 is 2.09 bits per heavy atom. The number of rotatable bonds is 6. The van der Waals surface area contributed by atoms with Crippen LogP contribution in [-0.4, -0.2) is 25.7 Å². The van der Waals surface area contributed by atoms with E-state index < -0.39 is 14.6 Å². The highest BCUT2D eigenvalue weighted by Crippen LogP contribution is 2.28. The third-order valence-electron chi connectivity index (χ3n) is 3.91. The zero-order valence-corrected chi connectivity index (χ0v) is 15.1. The maximum Gasteiger partial charge on any atom is 0.190 e. The average Bonchev–Trinajstić information content (AvgIpc) is 2.55. The van der Waals surface area contributed by atoms with Crippen molar-refractivity contribution in [3.05, 3.63) is 59.7 Å². The zero-order chi connectivity index (χ0) is 17.1. The zero-order valence-electron chi connectivity index (χ0n) is 13.4. The van der Waals surface area contributed by atoms with Crippen LogP contribution in [0.1, 0.15) is 18.1 Å². The van der Waals surface area contributed by atoms with Crippen LogP contribution in [0.2, 0.25) is 0 Å². The summed E-state index contributed by atoms with van der Waals surface area (Å²) in [5.41, 5.74) is 1.80. The fourth-order valence-electron chi connectivity index (χ4n) is 2.34. The molecule has 0 spiro atoms. The second-order valence-corrected chi connectivity index (χ2v) is 9.06. The number of carbonyl (C=O) groups excluding carboxylic acids is 1. The van der Waals surface area contributed by atoms with E-state index in [9.17, 15) is 13.2 Å². The summed E-state index contributed by atoms with van der Waals surface area (Å²) < 4.78 is 24.3. The third-order valence-corrected chi connectivity index (χ3v) is 7.01. The Hall–Kier alpha value is -1.59. The predicted molar refractivity (Wildman–Crippen MR) is 94.8 cm³/mol. The molecule has 1 atom stereocenters. The van der Waals surface area contributed by atoms with Crippen molar-refractivity contribution in [3.8, 4) is 0 Å². The van der Waals surface area contributed by atoms with Gasteiger partial charge in [0.2, 0.25) is 0 Å². The lowest BCUT2D eigenvalue weighted by molar-refractivity contribution is -0.109. The standard InChI is InChI=1S/C18H20O3S2/c1-14-4-10-17(11-5-14)23(20,21)18(2,13-19)12-15-6-8-16(22-3)9-7-15/h4-11,13H,12H2,1-3H3. The van der Waals surface area contributed by atoms with Gasteiger partial charge in [0, 0.05) is 4.90 Å². The minimum atomic E-state index is -3.75. The lowest BCUT2D eigenvalue weighted by Crippen LogP contribution is -2.39. The van der Waals surface area contributed by atoms with Gasteiger partial charge in [-0.3, -0.25) is 0 Å². The first kappa shape index (κ1) is 17.8. The van der Waals surface area contributed by atoms with Crippen molar-refractivity contribution < 1.29 is 13.2 Å². The fraction of sp³-hybridized carbons (Fsp3) is 0.278. The molecule has 3 nitrogen and oxygen atoms in total. The van der Waals surface area contributed by atoms with Crippen LogP contribution in [0.25, 0.3) is 0 Å². The Bertz CT molecular complexity index is 778. The van der Waals surface area contributed by atoms with Gasteiger partial charge in [0.05, 0.1) is 4.90 Å². The Labute approximate surface area is 142 Å². The SMILES string of the molecule is CSc1ccc(CC(C)(C=O)S(=O)(=O)c2ccc(C)cc2)cc1. The molecular formula is C18H20O3S2. The van der Waals surface area contributed by atoms with Crippen LogP contribution in [0.4, 0.5) is 0 Å². The summed E-state index contributed by atoms with van der Waals surface area (Å²) in [7, 11) is -3.75. The molecule has 23 heavy (non-hydrogen) atoms. The number of benzene rings is 2. The molecule has 2 aromatic carbocycles. The van der Waals surface area contributed by atoms with E-state index in [0.29, 0.717) is 6.29 Å². The van der Waals surface area contributed by atoms with E-state index >= 15 is 0 Å². The van der Waals surface area contributed by atoms with Crippen molar-refractivity contribution in [3.63, 3.8) is 0 Å². The number of hydrogen-bond donors (Lipinski definition) is 0. The van der Waals surface area contributed by atoms with E-state index in [2.05, 4.69) is 0 Å². The summed E-state index contributed by atoms with van der Waals surface area (Å²) in [4.78, 5) is 12.9. The average molecular weight is 348 g/mol. The summed E-state index contributed by atoms with van der Waals surface area (Å²) in [6, 6.07) is 14.2. The molecule has 0 saturated heterocycles. The second kappa shape index (κ2) is 6.89. The van der Waals surface area contributed by atoms with Gasteiger partial charge >= 0.3 is 0 Å². The number of hydrogen-bond acceptors (Lipinski definition) is 4. The van der Waals surface area contributed by atoms with Crippen LogP contribution in [0, 0.1) is 6.92 Å². The first-order valence-electron chi connectivity index (χ1n) is 7.23. The summed E-state index contributed by atoms with van der Waals surface area (Å²) >= 11 is 1.62. The number of sulfone groups is 1. The largest absolute Gasteiger partial charge is 0.302 e. The maximum absolute atomic E-state index is 12.9. The molecular weight excluding hydrogens is 328 g/mol. The number of thioether (sulfide) groups is 1. The van der Waals surface area contributed by atoms with Gasteiger partial charge in [0.1, 0.15) is 11.0 Å². The molecule has 122 valence electrons. The normalized spacial score (nSPS) is 14.2. The van der Waals surface area contributed by atoms with Crippen molar-refractivity contribution in [2.24, 2.45) is 0 Å². The third kappa shape index (κ3) is 3.67. The summed E-state index contributed by atoms with van der Waals surface area (Å²) in [5, 5.41) is 0. The van der Waals surface area contributed by atoms with Crippen molar-refractivity contribution >= 4 is 27.9 Å². The number of carbonyl (C=O) groups is 1. The molecule has 5 heteroatoms.